The largest absolute Gasteiger partial charge is 0.496 e. The van der Waals surface area contributed by atoms with Gasteiger partial charge in [-0.3, -0.25) is 14.9 Å². The maximum Gasteiger partial charge on any atom is 0.296 e. The minimum atomic E-state index is -0.574. The van der Waals surface area contributed by atoms with Crippen LogP contribution in [0.1, 0.15) is 5.56 Å². The second-order valence-electron chi connectivity index (χ2n) is 5.26. The Balaban J connectivity index is 1.94. The Morgan fingerprint density at radius 1 is 1.33 bits per heavy atom. The number of carbonyl (C=O) groups excluding carboxylic acids is 1. The molecule has 1 aliphatic heterocycles. The Kier molecular flexibility index (Phi) is 5.83. The number of amides is 1. The number of ether oxygens (including phenoxy) is 1. The van der Waals surface area contributed by atoms with Crippen LogP contribution in [-0.2, 0) is 4.79 Å². The van der Waals surface area contributed by atoms with Crippen LogP contribution in [0.3, 0.4) is 0 Å². The molecule has 27 heavy (non-hydrogen) atoms. The summed E-state index contributed by atoms with van der Waals surface area (Å²) in [6.07, 6.45) is 1.67. The van der Waals surface area contributed by atoms with E-state index < -0.39 is 4.92 Å². The first kappa shape index (κ1) is 19.4. The molecule has 1 N–H and O–H groups in total. The molecule has 1 fully saturated rings. The number of thioether (sulfide) groups is 1. The third-order valence-corrected chi connectivity index (χ3v) is 5.12. The second kappa shape index (κ2) is 8.12. The zero-order chi connectivity index (χ0) is 19.6. The predicted octanol–water partition coefficient (Wildman–Crippen LogP) is 4.91. The number of nitrogens with one attached hydrogen (secondary N) is 1. The van der Waals surface area contributed by atoms with Gasteiger partial charge in [0, 0.05) is 21.1 Å². The lowest BCUT2D eigenvalue weighted by Crippen LogP contribution is -2.19. The molecule has 0 bridgehead atoms. The molecule has 7 nitrogen and oxygen atoms in total. The van der Waals surface area contributed by atoms with Gasteiger partial charge in [-0.2, -0.15) is 0 Å². The number of nitrogens with zero attached hydrogens (tertiary/aromatic N) is 2. The Bertz CT molecular complexity index is 1010. The molecule has 1 saturated heterocycles. The number of methoxy groups -OCH3 is 1. The highest BCUT2D eigenvalue weighted by Gasteiger charge is 2.25. The molecule has 0 aliphatic carbocycles. The van der Waals surface area contributed by atoms with Crippen molar-refractivity contribution in [3.63, 3.8) is 0 Å². The van der Waals surface area contributed by atoms with E-state index in [1.165, 1.54) is 18.2 Å². The van der Waals surface area contributed by atoms with Crippen molar-refractivity contribution in [2.75, 3.05) is 7.11 Å². The smallest absolute Gasteiger partial charge is 0.296 e. The van der Waals surface area contributed by atoms with E-state index in [-0.39, 0.29) is 27.5 Å². The second-order valence-corrected chi connectivity index (χ2v) is 7.64. The third kappa shape index (κ3) is 4.49. The summed E-state index contributed by atoms with van der Waals surface area (Å²) >= 11 is 10.3. The first-order valence-corrected chi connectivity index (χ1v) is 9.43. The molecule has 0 radical (unpaired) electrons. The highest BCUT2D eigenvalue weighted by atomic mass is 79.9. The average molecular weight is 469 g/mol. The van der Waals surface area contributed by atoms with Gasteiger partial charge in [-0.15, -0.1) is 0 Å². The van der Waals surface area contributed by atoms with Crippen molar-refractivity contribution in [3.8, 4) is 5.75 Å². The molecule has 10 heteroatoms. The first-order valence-electron chi connectivity index (χ1n) is 7.44. The van der Waals surface area contributed by atoms with Gasteiger partial charge < -0.3 is 10.1 Å². The summed E-state index contributed by atoms with van der Waals surface area (Å²) in [5.41, 5.74) is 0.577. The minimum Gasteiger partial charge on any atom is -0.496 e. The van der Waals surface area contributed by atoms with Gasteiger partial charge >= 0.3 is 0 Å². The molecule has 0 saturated carbocycles. The molecule has 0 atom stereocenters. The topological polar surface area (TPSA) is 93.8 Å². The van der Waals surface area contributed by atoms with Crippen molar-refractivity contribution in [3.05, 3.63) is 66.5 Å². The summed E-state index contributed by atoms with van der Waals surface area (Å²) in [5.74, 6) is 0.259. The van der Waals surface area contributed by atoms with E-state index in [0.717, 1.165) is 16.2 Å². The predicted molar refractivity (Wildman–Crippen MR) is 110 cm³/mol. The van der Waals surface area contributed by atoms with E-state index in [2.05, 4.69) is 26.2 Å². The quantitative estimate of drug-likeness (QED) is 0.391. The standard InChI is InChI=1S/C17H11BrClN3O4S/c1-26-14-5-2-10(18)6-9(14)7-15-16(23)21-17(27-15)20-12-4-3-11(19)8-13(12)22(24)25/h2-8H,1H3,(H,20,21,23)/b15-7+. The molecule has 1 amide bonds. The van der Waals surface area contributed by atoms with Crippen molar-refractivity contribution in [2.45, 2.75) is 0 Å². The number of nitro groups is 1. The zero-order valence-corrected chi connectivity index (χ0v) is 16.9. The maximum absolute atomic E-state index is 12.2. The maximum atomic E-state index is 12.2. The molecular weight excluding hydrogens is 458 g/mol. The Labute approximate surface area is 171 Å². The van der Waals surface area contributed by atoms with Crippen molar-refractivity contribution < 1.29 is 14.5 Å². The van der Waals surface area contributed by atoms with Crippen LogP contribution in [0, 0.1) is 10.1 Å². The molecule has 3 rings (SSSR count). The number of carbonyl (C=O) groups is 1. The molecule has 0 unspecified atom stereocenters. The van der Waals surface area contributed by atoms with Gasteiger partial charge in [-0.05, 0) is 48.2 Å². The molecular formula is C17H11BrClN3O4S. The van der Waals surface area contributed by atoms with Crippen molar-refractivity contribution in [2.24, 2.45) is 4.99 Å². The van der Waals surface area contributed by atoms with Gasteiger partial charge in [0.1, 0.15) is 11.4 Å². The van der Waals surface area contributed by atoms with Crippen LogP contribution in [0.4, 0.5) is 11.4 Å². The van der Waals surface area contributed by atoms with E-state index in [9.17, 15) is 14.9 Å². The third-order valence-electron chi connectivity index (χ3n) is 3.49. The van der Waals surface area contributed by atoms with Crippen LogP contribution in [0.5, 0.6) is 5.75 Å². The summed E-state index contributed by atoms with van der Waals surface area (Å²) in [5, 5.41) is 14.3. The Hall–Kier alpha value is -2.36. The van der Waals surface area contributed by atoms with E-state index in [4.69, 9.17) is 16.3 Å². The lowest BCUT2D eigenvalue weighted by atomic mass is 10.2. The number of benzene rings is 2. The number of halogens is 2. The average Bonchev–Trinajstić information content (AvgIpc) is 2.96. The van der Waals surface area contributed by atoms with E-state index in [1.807, 2.05) is 12.1 Å². The van der Waals surface area contributed by atoms with E-state index in [0.29, 0.717) is 16.2 Å². The number of nitro benzene ring substituents is 1. The van der Waals surface area contributed by atoms with Crippen LogP contribution in [0.15, 0.2) is 50.8 Å². The van der Waals surface area contributed by atoms with Gasteiger partial charge in [-0.25, -0.2) is 4.99 Å². The van der Waals surface area contributed by atoms with Crippen LogP contribution in [-0.4, -0.2) is 23.1 Å². The van der Waals surface area contributed by atoms with Crippen LogP contribution < -0.4 is 10.1 Å². The first-order chi connectivity index (χ1) is 12.9. The van der Waals surface area contributed by atoms with Crippen LogP contribution in [0.2, 0.25) is 5.02 Å². The van der Waals surface area contributed by atoms with Gasteiger partial charge in [0.25, 0.3) is 11.6 Å². The summed E-state index contributed by atoms with van der Waals surface area (Å²) in [6, 6.07) is 9.57. The fraction of sp³-hybridized carbons (Fsp3) is 0.0588. The summed E-state index contributed by atoms with van der Waals surface area (Å²) in [4.78, 5) is 27.4. The fourth-order valence-corrected chi connectivity index (χ4v) is 3.66. The van der Waals surface area contributed by atoms with E-state index in [1.54, 1.807) is 19.3 Å². The zero-order valence-electron chi connectivity index (χ0n) is 13.7. The lowest BCUT2D eigenvalue weighted by Gasteiger charge is -2.05. The highest BCUT2D eigenvalue weighted by molar-refractivity contribution is 9.10. The minimum absolute atomic E-state index is 0.105. The number of hydrogen-bond acceptors (Lipinski definition) is 6. The molecule has 0 spiro atoms. The Morgan fingerprint density at radius 2 is 2.11 bits per heavy atom. The van der Waals surface area contributed by atoms with E-state index >= 15 is 0 Å². The van der Waals surface area contributed by atoms with Crippen molar-refractivity contribution in [1.29, 1.82) is 0 Å². The van der Waals surface area contributed by atoms with Gasteiger partial charge in [0.2, 0.25) is 0 Å². The summed E-state index contributed by atoms with van der Waals surface area (Å²) in [6.45, 7) is 0. The lowest BCUT2D eigenvalue weighted by molar-refractivity contribution is -0.384. The summed E-state index contributed by atoms with van der Waals surface area (Å²) < 4.78 is 6.13. The fourth-order valence-electron chi connectivity index (χ4n) is 2.29. The molecule has 0 aromatic heterocycles. The van der Waals surface area contributed by atoms with Crippen molar-refractivity contribution >= 4 is 67.8 Å². The number of rotatable bonds is 4. The molecule has 1 heterocycles. The van der Waals surface area contributed by atoms with Crippen molar-refractivity contribution in [1.82, 2.24) is 5.32 Å². The van der Waals surface area contributed by atoms with Gasteiger partial charge in [-0.1, -0.05) is 27.5 Å². The van der Waals surface area contributed by atoms with Crippen LogP contribution >= 0.6 is 39.3 Å². The molecule has 1 aliphatic rings. The summed E-state index contributed by atoms with van der Waals surface area (Å²) in [7, 11) is 1.54. The monoisotopic (exact) mass is 467 g/mol. The Morgan fingerprint density at radius 3 is 2.81 bits per heavy atom. The van der Waals surface area contributed by atoms with Gasteiger partial charge in [0.15, 0.2) is 5.17 Å². The number of amidine groups is 1. The normalized spacial score (nSPS) is 16.6. The molecule has 2 aromatic rings. The highest BCUT2D eigenvalue weighted by Crippen LogP contribution is 2.35. The van der Waals surface area contributed by atoms with Crippen LogP contribution in [0.25, 0.3) is 6.08 Å². The SMILES string of the molecule is COc1ccc(Br)cc1/C=C1/SC(=Nc2ccc(Cl)cc2[N+](=O)[O-])NC1=O. The number of hydrogen-bond donors (Lipinski definition) is 1. The number of aliphatic imine (C=N–C) groups is 1. The molecule has 138 valence electrons. The molecule has 2 aromatic carbocycles. The van der Waals surface area contributed by atoms with Gasteiger partial charge in [0.05, 0.1) is 16.9 Å².